The number of hydrogen-bond donors (Lipinski definition) is 0. The predicted octanol–water partition coefficient (Wildman–Crippen LogP) is 5.20. The van der Waals surface area contributed by atoms with E-state index < -0.39 is 0 Å². The number of nitrogens with zero attached hydrogens (tertiary/aromatic N) is 2. The molecule has 0 N–H and O–H groups in total. The summed E-state index contributed by atoms with van der Waals surface area (Å²) in [5.74, 6) is 0. The van der Waals surface area contributed by atoms with Crippen LogP contribution in [0, 0.1) is 0 Å². The molecule has 0 heterocycles. The first-order valence-electron chi connectivity index (χ1n) is 8.48. The molecule has 0 aromatic heterocycles. The van der Waals surface area contributed by atoms with Gasteiger partial charge in [-0.05, 0) is 30.5 Å². The lowest BCUT2D eigenvalue weighted by Gasteiger charge is -2.42. The maximum Gasteiger partial charge on any atom is 0.0846 e. The highest BCUT2D eigenvalue weighted by Gasteiger charge is 2.25. The van der Waals surface area contributed by atoms with Gasteiger partial charge in [0.1, 0.15) is 0 Å². The minimum atomic E-state index is 0.536. The molecule has 0 radical (unpaired) electrons. The lowest BCUT2D eigenvalue weighted by molar-refractivity contribution is 0.294. The molecule has 0 aliphatic heterocycles. The van der Waals surface area contributed by atoms with Crippen molar-refractivity contribution in [3.63, 3.8) is 0 Å². The van der Waals surface area contributed by atoms with Gasteiger partial charge in [-0.2, -0.15) is 0 Å². The molecule has 2 nitrogen and oxygen atoms in total. The first-order chi connectivity index (χ1) is 11.4. The van der Waals surface area contributed by atoms with E-state index in [-0.39, 0.29) is 0 Å². The van der Waals surface area contributed by atoms with Crippen LogP contribution in [0.1, 0.15) is 37.7 Å². The van der Waals surface area contributed by atoms with E-state index in [4.69, 9.17) is 12.2 Å². The van der Waals surface area contributed by atoms with Crippen molar-refractivity contribution in [2.45, 2.75) is 44.7 Å². The van der Waals surface area contributed by atoms with Crippen LogP contribution in [0.15, 0.2) is 60.7 Å². The number of thiocarbonyl (C=S) groups is 1. The van der Waals surface area contributed by atoms with E-state index in [1.54, 1.807) is 5.49 Å². The Bertz CT molecular complexity index is 594. The Morgan fingerprint density at radius 3 is 2.09 bits per heavy atom. The lowest BCUT2D eigenvalue weighted by Crippen LogP contribution is -2.48. The molecule has 23 heavy (non-hydrogen) atoms. The summed E-state index contributed by atoms with van der Waals surface area (Å²) in [6.07, 6.45) is 6.46. The van der Waals surface area contributed by atoms with Gasteiger partial charge >= 0.3 is 0 Å². The van der Waals surface area contributed by atoms with E-state index in [9.17, 15) is 0 Å². The summed E-state index contributed by atoms with van der Waals surface area (Å²) in [5.41, 5.74) is 4.32. The lowest BCUT2D eigenvalue weighted by atomic mass is 9.94. The Morgan fingerprint density at radius 2 is 1.48 bits per heavy atom. The molecule has 0 bridgehead atoms. The zero-order chi connectivity index (χ0) is 15.9. The molecular weight excluding hydrogens is 300 g/mol. The summed E-state index contributed by atoms with van der Waals surface area (Å²) in [7, 11) is 0. The number of hydrogen-bond acceptors (Lipinski definition) is 2. The molecule has 1 saturated carbocycles. The van der Waals surface area contributed by atoms with Crippen LogP contribution in [0.2, 0.25) is 0 Å². The maximum absolute atomic E-state index is 5.38. The Hall–Kier alpha value is -1.87. The molecule has 2 aromatic carbocycles. The molecule has 1 fully saturated rings. The highest BCUT2D eigenvalue weighted by Crippen LogP contribution is 2.29. The summed E-state index contributed by atoms with van der Waals surface area (Å²) >= 11 is 5.38. The van der Waals surface area contributed by atoms with Crippen molar-refractivity contribution in [3.05, 3.63) is 66.2 Å². The number of para-hydroxylation sites is 1. The highest BCUT2D eigenvalue weighted by molar-refractivity contribution is 7.78. The monoisotopic (exact) mass is 324 g/mol. The van der Waals surface area contributed by atoms with Gasteiger partial charge < -0.3 is 0 Å². The minimum Gasteiger partial charge on any atom is -0.282 e. The highest BCUT2D eigenvalue weighted by atomic mass is 32.1. The largest absolute Gasteiger partial charge is 0.282 e. The number of anilines is 1. The summed E-state index contributed by atoms with van der Waals surface area (Å²) < 4.78 is 0. The second kappa shape index (κ2) is 8.11. The molecule has 1 aliphatic rings. The van der Waals surface area contributed by atoms with Crippen LogP contribution in [-0.4, -0.2) is 16.5 Å². The van der Waals surface area contributed by atoms with Gasteiger partial charge in [0.15, 0.2) is 0 Å². The fourth-order valence-corrected chi connectivity index (χ4v) is 3.59. The van der Waals surface area contributed by atoms with Gasteiger partial charge in [-0.15, -0.1) is 0 Å². The molecule has 0 unspecified atom stereocenters. The van der Waals surface area contributed by atoms with Gasteiger partial charge in [-0.1, -0.05) is 80.0 Å². The summed E-state index contributed by atoms with van der Waals surface area (Å²) in [6.45, 7) is 0.815. The van der Waals surface area contributed by atoms with E-state index >= 15 is 0 Å². The zero-order valence-corrected chi connectivity index (χ0v) is 14.3. The van der Waals surface area contributed by atoms with Gasteiger partial charge in [-0.3, -0.25) is 10.0 Å². The van der Waals surface area contributed by atoms with Crippen LogP contribution >= 0.6 is 12.2 Å². The van der Waals surface area contributed by atoms with Gasteiger partial charge in [0.25, 0.3) is 0 Å². The number of benzene rings is 2. The standard InChI is InChI=1S/C20H24N2S/c23-17-21(16-18-10-4-1-5-11-18)22(19-12-6-2-7-13-19)20-14-8-3-9-15-20/h1-2,4-7,10-13,17,20H,3,8-9,14-16H2. The van der Waals surface area contributed by atoms with Crippen molar-refractivity contribution in [2.24, 2.45) is 0 Å². The average molecular weight is 324 g/mol. The van der Waals surface area contributed by atoms with Crippen molar-refractivity contribution in [2.75, 3.05) is 5.01 Å². The second-order valence-electron chi connectivity index (χ2n) is 6.16. The van der Waals surface area contributed by atoms with Gasteiger partial charge in [-0.25, -0.2) is 0 Å². The van der Waals surface area contributed by atoms with E-state index in [0.717, 1.165) is 6.54 Å². The molecule has 0 saturated heterocycles. The number of rotatable bonds is 6. The van der Waals surface area contributed by atoms with E-state index in [1.807, 2.05) is 0 Å². The van der Waals surface area contributed by atoms with Crippen LogP contribution in [0.3, 0.4) is 0 Å². The quantitative estimate of drug-likeness (QED) is 0.532. The first-order valence-corrected chi connectivity index (χ1v) is 8.95. The summed E-state index contributed by atoms with van der Waals surface area (Å²) in [4.78, 5) is 0. The topological polar surface area (TPSA) is 6.48 Å². The van der Waals surface area contributed by atoms with Crippen LogP contribution in [0.5, 0.6) is 0 Å². The molecule has 3 heteroatoms. The predicted molar refractivity (Wildman–Crippen MR) is 101 cm³/mol. The van der Waals surface area contributed by atoms with Crippen LogP contribution in [-0.2, 0) is 6.54 Å². The van der Waals surface area contributed by atoms with Crippen molar-refractivity contribution in [1.82, 2.24) is 5.01 Å². The summed E-state index contributed by atoms with van der Waals surface area (Å²) in [6, 6.07) is 21.7. The molecule has 0 spiro atoms. The van der Waals surface area contributed by atoms with Crippen LogP contribution in [0.25, 0.3) is 0 Å². The smallest absolute Gasteiger partial charge is 0.0846 e. The van der Waals surface area contributed by atoms with E-state index in [1.165, 1.54) is 43.4 Å². The third kappa shape index (κ3) is 4.11. The SMILES string of the molecule is S=CN(Cc1ccccc1)N(c1ccccc1)C1CCCCC1. The van der Waals surface area contributed by atoms with Gasteiger partial charge in [0.05, 0.1) is 23.8 Å². The second-order valence-corrected chi connectivity index (χ2v) is 6.37. The average Bonchev–Trinajstić information content (AvgIpc) is 2.64. The van der Waals surface area contributed by atoms with Crippen molar-refractivity contribution < 1.29 is 0 Å². The molecule has 1 aliphatic carbocycles. The Balaban J connectivity index is 1.87. The third-order valence-corrected chi connectivity index (χ3v) is 4.77. The zero-order valence-electron chi connectivity index (χ0n) is 13.5. The molecule has 2 aromatic rings. The fourth-order valence-electron chi connectivity index (χ4n) is 3.41. The van der Waals surface area contributed by atoms with Crippen LogP contribution < -0.4 is 5.01 Å². The Kier molecular flexibility index (Phi) is 5.65. The fraction of sp³-hybridized carbons (Fsp3) is 0.350. The van der Waals surface area contributed by atoms with E-state index in [0.29, 0.717) is 6.04 Å². The third-order valence-electron chi connectivity index (χ3n) is 4.53. The Labute approximate surface area is 144 Å². The maximum atomic E-state index is 5.38. The van der Waals surface area contributed by atoms with E-state index in [2.05, 4.69) is 70.7 Å². The van der Waals surface area contributed by atoms with Gasteiger partial charge in [0.2, 0.25) is 0 Å². The van der Waals surface area contributed by atoms with Crippen molar-refractivity contribution in [1.29, 1.82) is 0 Å². The minimum absolute atomic E-state index is 0.536. The molecule has 0 amide bonds. The molecule has 0 atom stereocenters. The van der Waals surface area contributed by atoms with Crippen molar-refractivity contribution in [3.8, 4) is 0 Å². The first kappa shape index (κ1) is 16.0. The molecular formula is C20H24N2S. The normalized spacial score (nSPS) is 15.1. The van der Waals surface area contributed by atoms with Gasteiger partial charge in [0, 0.05) is 0 Å². The number of hydrazine groups is 1. The summed E-state index contributed by atoms with van der Waals surface area (Å²) in [5, 5.41) is 4.62. The van der Waals surface area contributed by atoms with Crippen molar-refractivity contribution >= 4 is 23.4 Å². The molecule has 3 rings (SSSR count). The van der Waals surface area contributed by atoms with Crippen LogP contribution in [0.4, 0.5) is 5.69 Å². The Morgan fingerprint density at radius 1 is 0.870 bits per heavy atom. The molecule has 120 valence electrons.